The molecule has 0 atom stereocenters. The second kappa shape index (κ2) is 7.44. The van der Waals surface area contributed by atoms with Crippen LogP contribution in [0.2, 0.25) is 0 Å². The van der Waals surface area contributed by atoms with Gasteiger partial charge < -0.3 is 4.74 Å². The first-order chi connectivity index (χ1) is 8.27. The number of ether oxygens (including phenoxy) is 1. The molecule has 0 radical (unpaired) electrons. The second-order valence-corrected chi connectivity index (χ2v) is 3.51. The van der Waals surface area contributed by atoms with Gasteiger partial charge in [0.05, 0.1) is 12.3 Å². The molecule has 0 heterocycles. The maximum absolute atomic E-state index is 11.1. The van der Waals surface area contributed by atoms with Gasteiger partial charge in [0.15, 0.2) is 0 Å². The summed E-state index contributed by atoms with van der Waals surface area (Å²) in [5.41, 5.74) is 4.28. The highest BCUT2D eigenvalue weighted by Gasteiger charge is 2.03. The number of nitrogens with zero attached hydrogens (tertiary/aromatic N) is 1. The number of rotatable bonds is 5. The lowest BCUT2D eigenvalue weighted by Gasteiger charge is -2.06. The molecular weight excluding hydrogens is 216 g/mol. The Labute approximate surface area is 102 Å². The molecule has 0 aliphatic heterocycles. The zero-order valence-electron chi connectivity index (χ0n) is 10.3. The lowest BCUT2D eigenvalue weighted by Crippen LogP contribution is -2.21. The van der Waals surface area contributed by atoms with Crippen LogP contribution in [0.25, 0.3) is 0 Å². The van der Waals surface area contributed by atoms with Crippen molar-refractivity contribution in [2.24, 2.45) is 5.10 Å². The van der Waals surface area contributed by atoms with Crippen molar-refractivity contribution in [3.8, 4) is 0 Å². The highest BCUT2D eigenvalue weighted by Crippen LogP contribution is 2.05. The molecule has 1 rings (SSSR count). The Bertz CT molecular complexity index is 374. The van der Waals surface area contributed by atoms with Gasteiger partial charge in [-0.2, -0.15) is 5.10 Å². The van der Waals surface area contributed by atoms with Gasteiger partial charge in [0.25, 0.3) is 0 Å². The van der Waals surface area contributed by atoms with Crippen LogP contribution >= 0.6 is 0 Å². The van der Waals surface area contributed by atoms with Crippen LogP contribution in [-0.4, -0.2) is 18.4 Å². The third kappa shape index (κ3) is 4.68. The van der Waals surface area contributed by atoms with Crippen LogP contribution in [0.3, 0.4) is 0 Å². The van der Waals surface area contributed by atoms with Gasteiger partial charge in [-0.15, -0.1) is 0 Å². The van der Waals surface area contributed by atoms with E-state index >= 15 is 0 Å². The van der Waals surface area contributed by atoms with Crippen LogP contribution in [0.1, 0.15) is 32.3 Å². The molecule has 4 heteroatoms. The predicted octanol–water partition coefficient (Wildman–Crippen LogP) is 2.94. The number of nitrogens with one attached hydrogen (secondary N) is 1. The molecule has 1 N–H and O–H groups in total. The summed E-state index contributed by atoms with van der Waals surface area (Å²) in [6, 6.07) is 9.80. The molecule has 0 aliphatic carbocycles. The van der Waals surface area contributed by atoms with E-state index < -0.39 is 6.09 Å². The van der Waals surface area contributed by atoms with Crippen molar-refractivity contribution in [1.82, 2.24) is 5.43 Å². The van der Waals surface area contributed by atoms with E-state index in [0.717, 1.165) is 24.1 Å². The average molecular weight is 234 g/mol. The van der Waals surface area contributed by atoms with Crippen molar-refractivity contribution in [2.75, 3.05) is 6.61 Å². The first-order valence-electron chi connectivity index (χ1n) is 5.82. The molecule has 0 unspecified atom stereocenters. The predicted molar refractivity (Wildman–Crippen MR) is 68.0 cm³/mol. The minimum Gasteiger partial charge on any atom is -0.449 e. The number of hydrogen-bond acceptors (Lipinski definition) is 3. The average Bonchev–Trinajstić information content (AvgIpc) is 2.36. The van der Waals surface area contributed by atoms with E-state index in [2.05, 4.69) is 17.5 Å². The summed E-state index contributed by atoms with van der Waals surface area (Å²) >= 11 is 0. The summed E-state index contributed by atoms with van der Waals surface area (Å²) < 4.78 is 4.75. The molecule has 0 fully saturated rings. The van der Waals surface area contributed by atoms with E-state index in [4.69, 9.17) is 4.74 Å². The Balaban J connectivity index is 2.72. The Morgan fingerprint density at radius 3 is 2.59 bits per heavy atom. The molecule has 0 saturated carbocycles. The lowest BCUT2D eigenvalue weighted by molar-refractivity contribution is 0.152. The van der Waals surface area contributed by atoms with E-state index in [1.807, 2.05) is 30.3 Å². The van der Waals surface area contributed by atoms with Gasteiger partial charge >= 0.3 is 6.09 Å². The first-order valence-corrected chi connectivity index (χ1v) is 5.82. The van der Waals surface area contributed by atoms with Gasteiger partial charge in [0.1, 0.15) is 0 Å². The Morgan fingerprint density at radius 1 is 1.29 bits per heavy atom. The molecule has 0 aromatic heterocycles. The molecule has 17 heavy (non-hydrogen) atoms. The summed E-state index contributed by atoms with van der Waals surface area (Å²) in [5.74, 6) is 0. The van der Waals surface area contributed by atoms with E-state index in [-0.39, 0.29) is 0 Å². The van der Waals surface area contributed by atoms with Gasteiger partial charge in [-0.05, 0) is 18.9 Å². The minimum atomic E-state index is -0.517. The largest absolute Gasteiger partial charge is 0.449 e. The zero-order chi connectivity index (χ0) is 12.5. The van der Waals surface area contributed by atoms with Crippen LogP contribution in [0, 0.1) is 0 Å². The quantitative estimate of drug-likeness (QED) is 0.629. The normalized spacial score (nSPS) is 11.1. The summed E-state index contributed by atoms with van der Waals surface area (Å²) in [6.07, 6.45) is 1.27. The fourth-order valence-electron chi connectivity index (χ4n) is 1.41. The molecule has 92 valence electrons. The fourth-order valence-corrected chi connectivity index (χ4v) is 1.41. The number of benzene rings is 1. The van der Waals surface area contributed by atoms with Gasteiger partial charge in [-0.1, -0.05) is 43.7 Å². The van der Waals surface area contributed by atoms with Crippen molar-refractivity contribution in [1.29, 1.82) is 0 Å². The molecule has 0 saturated heterocycles. The topological polar surface area (TPSA) is 50.7 Å². The first kappa shape index (κ1) is 13.2. The third-order valence-electron chi connectivity index (χ3n) is 2.15. The SMILES string of the molecule is CCC/C(=N/NC(=O)OCC)c1ccccc1. The number of hydrazone groups is 1. The van der Waals surface area contributed by atoms with E-state index in [9.17, 15) is 4.79 Å². The summed E-state index contributed by atoms with van der Waals surface area (Å²) in [6.45, 7) is 4.17. The molecule has 0 bridgehead atoms. The second-order valence-electron chi connectivity index (χ2n) is 3.51. The molecular formula is C13H18N2O2. The summed E-state index contributed by atoms with van der Waals surface area (Å²) in [4.78, 5) is 11.1. The van der Waals surface area contributed by atoms with Gasteiger partial charge in [-0.3, -0.25) is 0 Å². The fraction of sp³-hybridized carbons (Fsp3) is 0.385. The minimum absolute atomic E-state index is 0.343. The number of amides is 1. The molecule has 0 aliphatic rings. The van der Waals surface area contributed by atoms with Crippen molar-refractivity contribution in [2.45, 2.75) is 26.7 Å². The summed E-state index contributed by atoms with van der Waals surface area (Å²) in [7, 11) is 0. The van der Waals surface area contributed by atoms with Crippen LogP contribution in [0.4, 0.5) is 4.79 Å². The van der Waals surface area contributed by atoms with E-state index in [1.54, 1.807) is 6.92 Å². The van der Waals surface area contributed by atoms with Crippen molar-refractivity contribution < 1.29 is 9.53 Å². The molecule has 0 spiro atoms. The van der Waals surface area contributed by atoms with E-state index in [0.29, 0.717) is 6.61 Å². The lowest BCUT2D eigenvalue weighted by atomic mass is 10.1. The van der Waals surface area contributed by atoms with Gasteiger partial charge in [0.2, 0.25) is 0 Å². The number of hydrogen-bond donors (Lipinski definition) is 1. The highest BCUT2D eigenvalue weighted by atomic mass is 16.5. The van der Waals surface area contributed by atoms with Crippen molar-refractivity contribution >= 4 is 11.8 Å². The number of carbonyl (C=O) groups excluding carboxylic acids is 1. The zero-order valence-corrected chi connectivity index (χ0v) is 10.3. The smallest absolute Gasteiger partial charge is 0.427 e. The maximum Gasteiger partial charge on any atom is 0.427 e. The van der Waals surface area contributed by atoms with Gasteiger partial charge in [-0.25, -0.2) is 10.2 Å². The standard InChI is InChI=1S/C13H18N2O2/c1-3-8-12(11-9-6-5-7-10-11)14-15-13(16)17-4-2/h5-7,9-10H,3-4,8H2,1-2H3,(H,15,16)/b14-12-. The molecule has 1 aromatic carbocycles. The van der Waals surface area contributed by atoms with Crippen molar-refractivity contribution in [3.63, 3.8) is 0 Å². The van der Waals surface area contributed by atoms with Crippen molar-refractivity contribution in [3.05, 3.63) is 35.9 Å². The van der Waals surface area contributed by atoms with Gasteiger partial charge in [0, 0.05) is 0 Å². The monoisotopic (exact) mass is 234 g/mol. The number of carbonyl (C=O) groups is 1. The molecule has 1 amide bonds. The summed E-state index contributed by atoms with van der Waals surface area (Å²) in [5, 5.41) is 4.09. The Hall–Kier alpha value is -1.84. The van der Waals surface area contributed by atoms with Crippen LogP contribution in [0.15, 0.2) is 35.4 Å². The molecule has 1 aromatic rings. The van der Waals surface area contributed by atoms with Crippen LogP contribution in [-0.2, 0) is 4.74 Å². The Kier molecular flexibility index (Phi) is 5.79. The third-order valence-corrected chi connectivity index (χ3v) is 2.15. The maximum atomic E-state index is 11.1. The Morgan fingerprint density at radius 2 is 2.00 bits per heavy atom. The van der Waals surface area contributed by atoms with Crippen LogP contribution in [0.5, 0.6) is 0 Å². The van der Waals surface area contributed by atoms with E-state index in [1.165, 1.54) is 0 Å². The molecule has 4 nitrogen and oxygen atoms in total. The van der Waals surface area contributed by atoms with Crippen LogP contribution < -0.4 is 5.43 Å². The highest BCUT2D eigenvalue weighted by molar-refractivity contribution is 6.00.